The lowest BCUT2D eigenvalue weighted by atomic mass is 10.0. The van der Waals surface area contributed by atoms with Crippen LogP contribution in [-0.2, 0) is 14.4 Å². The smallest absolute Gasteiger partial charge is 0.317 e. The number of piperidine rings is 1. The third-order valence-electron chi connectivity index (χ3n) is 5.77. The Morgan fingerprint density at radius 3 is 2.35 bits per heavy atom. The summed E-state index contributed by atoms with van der Waals surface area (Å²) in [5, 5.41) is 11.7. The summed E-state index contributed by atoms with van der Waals surface area (Å²) in [6, 6.07) is 0.209. The zero-order valence-corrected chi connectivity index (χ0v) is 15.9. The molecule has 1 aliphatic heterocycles. The molecule has 0 bridgehead atoms. The average Bonchev–Trinajstić information content (AvgIpc) is 3.16. The maximum atomic E-state index is 12.3. The number of hydrogen-bond donors (Lipinski definition) is 2. The number of hydrogen-bond acceptors (Lipinski definition) is 4. The summed E-state index contributed by atoms with van der Waals surface area (Å²) >= 11 is 0. The molecule has 2 aliphatic rings. The van der Waals surface area contributed by atoms with Gasteiger partial charge in [-0.3, -0.25) is 19.3 Å². The number of carboxylic acids is 1. The molecule has 0 aromatic carbocycles. The van der Waals surface area contributed by atoms with Crippen LogP contribution in [0.5, 0.6) is 0 Å². The lowest BCUT2D eigenvalue weighted by Gasteiger charge is -2.37. The first-order chi connectivity index (χ1) is 12.5. The van der Waals surface area contributed by atoms with Crippen LogP contribution in [0.25, 0.3) is 0 Å². The van der Waals surface area contributed by atoms with E-state index in [0.717, 1.165) is 19.3 Å². The molecule has 0 radical (unpaired) electrons. The molecule has 0 spiro atoms. The lowest BCUT2D eigenvalue weighted by molar-refractivity contribution is -0.140. The molecule has 2 rings (SSSR count). The number of likely N-dealkylation sites (N-methyl/N-ethyl adjacent to an activating group) is 1. The second-order valence-electron chi connectivity index (χ2n) is 7.53. The quantitative estimate of drug-likeness (QED) is 0.644. The molecular formula is C19H33N3O4. The predicted molar refractivity (Wildman–Crippen MR) is 98.7 cm³/mol. The van der Waals surface area contributed by atoms with Crippen LogP contribution < -0.4 is 5.32 Å². The summed E-state index contributed by atoms with van der Waals surface area (Å²) in [5.41, 5.74) is 0. The molecule has 2 N–H and O–H groups in total. The van der Waals surface area contributed by atoms with Crippen LogP contribution in [0.3, 0.4) is 0 Å². The SMILES string of the molecule is CCN(CC(=O)O)C1CCN(C(=O)CNC(=O)CCC2CCCC2)CC1. The predicted octanol–water partition coefficient (Wildman–Crippen LogP) is 1.47. The molecule has 26 heavy (non-hydrogen) atoms. The fourth-order valence-corrected chi connectivity index (χ4v) is 4.16. The van der Waals surface area contributed by atoms with Crippen LogP contribution in [0, 0.1) is 5.92 Å². The third-order valence-corrected chi connectivity index (χ3v) is 5.77. The van der Waals surface area contributed by atoms with Gasteiger partial charge in [-0.05, 0) is 31.7 Å². The van der Waals surface area contributed by atoms with E-state index in [9.17, 15) is 14.4 Å². The first kappa shape index (κ1) is 20.7. The molecule has 0 aromatic rings. The van der Waals surface area contributed by atoms with Crippen molar-refractivity contribution in [3.8, 4) is 0 Å². The first-order valence-corrected chi connectivity index (χ1v) is 10.00. The summed E-state index contributed by atoms with van der Waals surface area (Å²) in [6.45, 7) is 4.02. The van der Waals surface area contributed by atoms with Crippen molar-refractivity contribution in [3.05, 3.63) is 0 Å². The second kappa shape index (κ2) is 10.5. The van der Waals surface area contributed by atoms with Crippen molar-refractivity contribution in [2.24, 2.45) is 5.92 Å². The summed E-state index contributed by atoms with van der Waals surface area (Å²) in [4.78, 5) is 38.9. The van der Waals surface area contributed by atoms with Crippen LogP contribution in [-0.4, -0.2) is 71.5 Å². The van der Waals surface area contributed by atoms with Gasteiger partial charge in [-0.1, -0.05) is 32.6 Å². The van der Waals surface area contributed by atoms with Gasteiger partial charge in [0.2, 0.25) is 11.8 Å². The van der Waals surface area contributed by atoms with Crippen molar-refractivity contribution in [3.63, 3.8) is 0 Å². The Morgan fingerprint density at radius 1 is 1.12 bits per heavy atom. The highest BCUT2D eigenvalue weighted by atomic mass is 16.4. The van der Waals surface area contributed by atoms with E-state index >= 15 is 0 Å². The topological polar surface area (TPSA) is 90.0 Å². The number of rotatable bonds is 9. The fraction of sp³-hybridized carbons (Fsp3) is 0.842. The number of carbonyl (C=O) groups is 3. The van der Waals surface area contributed by atoms with Gasteiger partial charge in [-0.15, -0.1) is 0 Å². The minimum atomic E-state index is -0.814. The highest BCUT2D eigenvalue weighted by Gasteiger charge is 2.27. The van der Waals surface area contributed by atoms with Crippen molar-refractivity contribution >= 4 is 17.8 Å². The number of amides is 2. The summed E-state index contributed by atoms with van der Waals surface area (Å²) in [7, 11) is 0. The lowest BCUT2D eigenvalue weighted by Crippen LogP contribution is -2.50. The number of carbonyl (C=O) groups excluding carboxylic acids is 2. The van der Waals surface area contributed by atoms with Gasteiger partial charge in [-0.25, -0.2) is 0 Å². The molecule has 1 saturated carbocycles. The van der Waals surface area contributed by atoms with E-state index in [1.165, 1.54) is 25.7 Å². The molecule has 0 aromatic heterocycles. The maximum Gasteiger partial charge on any atom is 0.317 e. The van der Waals surface area contributed by atoms with Crippen molar-refractivity contribution < 1.29 is 19.5 Å². The van der Waals surface area contributed by atoms with Crippen LogP contribution in [0.2, 0.25) is 0 Å². The van der Waals surface area contributed by atoms with E-state index in [2.05, 4.69) is 5.32 Å². The van der Waals surface area contributed by atoms with Crippen LogP contribution in [0.15, 0.2) is 0 Å². The standard InChI is InChI=1S/C19H33N3O4/c1-2-21(14-19(25)26)16-9-11-22(12-10-16)18(24)13-20-17(23)8-7-15-5-3-4-6-15/h15-16H,2-14H2,1H3,(H,20,23)(H,25,26). The van der Waals surface area contributed by atoms with Gasteiger partial charge in [0.05, 0.1) is 13.1 Å². The Hall–Kier alpha value is -1.63. The molecule has 0 atom stereocenters. The van der Waals surface area contributed by atoms with E-state index in [4.69, 9.17) is 5.11 Å². The molecule has 7 heteroatoms. The largest absolute Gasteiger partial charge is 0.480 e. The highest BCUT2D eigenvalue weighted by Crippen LogP contribution is 2.28. The summed E-state index contributed by atoms with van der Waals surface area (Å²) < 4.78 is 0. The highest BCUT2D eigenvalue weighted by molar-refractivity contribution is 5.84. The van der Waals surface area contributed by atoms with E-state index in [-0.39, 0.29) is 30.9 Å². The number of aliphatic carboxylic acids is 1. The molecule has 1 aliphatic carbocycles. The van der Waals surface area contributed by atoms with E-state index < -0.39 is 5.97 Å². The van der Waals surface area contributed by atoms with Gasteiger partial charge < -0.3 is 15.3 Å². The van der Waals surface area contributed by atoms with Crippen LogP contribution in [0.1, 0.15) is 58.3 Å². The van der Waals surface area contributed by atoms with Gasteiger partial charge in [0.1, 0.15) is 0 Å². The number of nitrogens with one attached hydrogen (secondary N) is 1. The number of likely N-dealkylation sites (tertiary alicyclic amines) is 1. The molecule has 0 unspecified atom stereocenters. The first-order valence-electron chi connectivity index (χ1n) is 10.00. The van der Waals surface area contributed by atoms with Crippen LogP contribution >= 0.6 is 0 Å². The van der Waals surface area contributed by atoms with Gasteiger partial charge in [0.15, 0.2) is 0 Å². The van der Waals surface area contributed by atoms with Gasteiger partial charge in [0, 0.05) is 25.6 Å². The third kappa shape index (κ3) is 6.59. The summed E-state index contributed by atoms with van der Waals surface area (Å²) in [6.07, 6.45) is 8.04. The zero-order valence-electron chi connectivity index (χ0n) is 15.9. The second-order valence-corrected chi connectivity index (χ2v) is 7.53. The minimum absolute atomic E-state index is 0.0289. The molecule has 1 saturated heterocycles. The molecule has 148 valence electrons. The Morgan fingerprint density at radius 2 is 1.77 bits per heavy atom. The van der Waals surface area contributed by atoms with Gasteiger partial charge in [0.25, 0.3) is 0 Å². The van der Waals surface area contributed by atoms with Crippen molar-refractivity contribution in [1.82, 2.24) is 15.1 Å². The Bertz CT molecular complexity index is 483. The number of nitrogens with zero attached hydrogens (tertiary/aromatic N) is 2. The molecular weight excluding hydrogens is 334 g/mol. The van der Waals surface area contributed by atoms with E-state index in [0.29, 0.717) is 32.0 Å². The van der Waals surface area contributed by atoms with Crippen LogP contribution in [0.4, 0.5) is 0 Å². The van der Waals surface area contributed by atoms with Crippen molar-refractivity contribution in [1.29, 1.82) is 0 Å². The van der Waals surface area contributed by atoms with Crippen molar-refractivity contribution in [2.45, 2.75) is 64.3 Å². The van der Waals surface area contributed by atoms with E-state index in [1.54, 1.807) is 4.90 Å². The fourth-order valence-electron chi connectivity index (χ4n) is 4.16. The summed E-state index contributed by atoms with van der Waals surface area (Å²) in [5.74, 6) is -0.203. The zero-order chi connectivity index (χ0) is 18.9. The molecule has 2 fully saturated rings. The monoisotopic (exact) mass is 367 g/mol. The maximum absolute atomic E-state index is 12.3. The molecule has 2 amide bonds. The molecule has 1 heterocycles. The van der Waals surface area contributed by atoms with Crippen molar-refractivity contribution in [2.75, 3.05) is 32.7 Å². The Kier molecular flexibility index (Phi) is 8.35. The Labute approximate surface area is 156 Å². The normalized spacial score (nSPS) is 19.1. The minimum Gasteiger partial charge on any atom is -0.480 e. The van der Waals surface area contributed by atoms with Gasteiger partial charge in [-0.2, -0.15) is 0 Å². The number of carboxylic acid groups (broad SMARTS) is 1. The van der Waals surface area contributed by atoms with Gasteiger partial charge >= 0.3 is 5.97 Å². The van der Waals surface area contributed by atoms with E-state index in [1.807, 2.05) is 11.8 Å². The average molecular weight is 367 g/mol. The molecule has 7 nitrogen and oxygen atoms in total. The Balaban J connectivity index is 1.64.